The van der Waals surface area contributed by atoms with Gasteiger partial charge in [-0.2, -0.15) is 4.98 Å². The average Bonchev–Trinajstić information content (AvgIpc) is 2.63. The zero-order valence-corrected chi connectivity index (χ0v) is 13.3. The second-order valence-electron chi connectivity index (χ2n) is 5.17. The Morgan fingerprint density at radius 3 is 2.65 bits per heavy atom. The predicted octanol–water partition coefficient (Wildman–Crippen LogP) is 3.06. The molecule has 9 heteroatoms. The first-order valence-corrected chi connectivity index (χ1v) is 7.49. The van der Waals surface area contributed by atoms with E-state index < -0.39 is 24.1 Å². The molecule has 1 aromatic carbocycles. The molecule has 7 nitrogen and oxygen atoms in total. The summed E-state index contributed by atoms with van der Waals surface area (Å²) in [6.07, 6.45) is 1.57. The zero-order valence-electron chi connectivity index (χ0n) is 13.3. The lowest BCUT2D eigenvalue weighted by Crippen LogP contribution is -2.15. The summed E-state index contributed by atoms with van der Waals surface area (Å²) in [6.45, 7) is -0.403. The van der Waals surface area contributed by atoms with E-state index in [1.54, 1.807) is 24.4 Å². The quantitative estimate of drug-likeness (QED) is 0.623. The van der Waals surface area contributed by atoms with E-state index in [0.29, 0.717) is 11.4 Å². The fourth-order valence-electron chi connectivity index (χ4n) is 2.12. The highest BCUT2D eigenvalue weighted by Crippen LogP contribution is 2.24. The van der Waals surface area contributed by atoms with Crippen molar-refractivity contribution in [3.63, 3.8) is 0 Å². The van der Waals surface area contributed by atoms with Crippen molar-refractivity contribution in [1.29, 1.82) is 0 Å². The number of rotatable bonds is 6. The van der Waals surface area contributed by atoms with Crippen molar-refractivity contribution in [2.75, 3.05) is 17.2 Å². The molecule has 0 fully saturated rings. The van der Waals surface area contributed by atoms with E-state index in [1.165, 1.54) is 6.07 Å². The van der Waals surface area contributed by atoms with Gasteiger partial charge in [-0.3, -0.25) is 9.78 Å². The minimum atomic E-state index is -1.09. The third kappa shape index (κ3) is 4.26. The molecule has 3 N–H and O–H groups in total. The van der Waals surface area contributed by atoms with E-state index in [4.69, 9.17) is 5.11 Å². The first kappa shape index (κ1) is 17.2. The SMILES string of the molecule is O=C(O)CNc1nc(Nc2cc(F)ccc2F)cc(-c2ccccn2)n1. The van der Waals surface area contributed by atoms with E-state index in [9.17, 15) is 13.6 Å². The molecule has 0 aliphatic heterocycles. The first-order chi connectivity index (χ1) is 12.5. The molecule has 26 heavy (non-hydrogen) atoms. The minimum Gasteiger partial charge on any atom is -0.480 e. The van der Waals surface area contributed by atoms with Gasteiger partial charge in [0.05, 0.1) is 17.1 Å². The Kier molecular flexibility index (Phi) is 4.97. The minimum absolute atomic E-state index is 0.00913. The molecule has 3 aromatic rings. The highest BCUT2D eigenvalue weighted by Gasteiger charge is 2.11. The van der Waals surface area contributed by atoms with Crippen LogP contribution in [0.1, 0.15) is 0 Å². The van der Waals surface area contributed by atoms with Crippen LogP contribution in [-0.2, 0) is 4.79 Å². The van der Waals surface area contributed by atoms with Gasteiger partial charge < -0.3 is 15.7 Å². The smallest absolute Gasteiger partial charge is 0.322 e. The fourth-order valence-corrected chi connectivity index (χ4v) is 2.12. The van der Waals surface area contributed by atoms with Crippen molar-refractivity contribution >= 4 is 23.4 Å². The Balaban J connectivity index is 1.98. The number of carbonyl (C=O) groups is 1. The van der Waals surface area contributed by atoms with Crippen LogP contribution in [0.3, 0.4) is 0 Å². The van der Waals surface area contributed by atoms with E-state index in [1.807, 2.05) is 0 Å². The summed E-state index contributed by atoms with van der Waals surface area (Å²) in [6, 6.07) is 9.67. The highest BCUT2D eigenvalue weighted by molar-refractivity contribution is 5.72. The number of carboxylic acids is 1. The Bertz CT molecular complexity index is 938. The number of halogens is 2. The fraction of sp³-hybridized carbons (Fsp3) is 0.0588. The molecule has 2 aromatic heterocycles. The number of hydrogen-bond acceptors (Lipinski definition) is 6. The third-order valence-electron chi connectivity index (χ3n) is 3.24. The van der Waals surface area contributed by atoms with Crippen molar-refractivity contribution < 1.29 is 18.7 Å². The Labute approximate surface area is 146 Å². The predicted molar refractivity (Wildman–Crippen MR) is 91.0 cm³/mol. The van der Waals surface area contributed by atoms with Crippen molar-refractivity contribution in [3.8, 4) is 11.4 Å². The Hall–Kier alpha value is -3.62. The zero-order chi connectivity index (χ0) is 18.5. The van der Waals surface area contributed by atoms with E-state index in [2.05, 4.69) is 25.6 Å². The topological polar surface area (TPSA) is 100 Å². The van der Waals surface area contributed by atoms with Gasteiger partial charge in [0.1, 0.15) is 24.0 Å². The standard InChI is InChI=1S/C17H13F2N5O2/c18-10-4-5-11(19)13(7-10)22-15-8-14(12-3-1-2-6-20-12)23-17(24-15)21-9-16(25)26/h1-8H,9H2,(H,25,26)(H2,21,22,23,24). The van der Waals surface area contributed by atoms with E-state index in [-0.39, 0.29) is 17.5 Å². The van der Waals surface area contributed by atoms with Crippen molar-refractivity contribution in [3.05, 3.63) is 60.3 Å². The molecular weight excluding hydrogens is 344 g/mol. The number of pyridine rings is 1. The molecule has 0 spiro atoms. The Morgan fingerprint density at radius 2 is 1.92 bits per heavy atom. The summed E-state index contributed by atoms with van der Waals surface area (Å²) >= 11 is 0. The van der Waals surface area contributed by atoms with Crippen LogP contribution in [-0.4, -0.2) is 32.6 Å². The highest BCUT2D eigenvalue weighted by atomic mass is 19.1. The number of nitrogens with zero attached hydrogens (tertiary/aromatic N) is 3. The van der Waals surface area contributed by atoms with Crippen molar-refractivity contribution in [2.24, 2.45) is 0 Å². The molecule has 0 atom stereocenters. The molecule has 0 saturated heterocycles. The number of hydrogen-bond donors (Lipinski definition) is 3. The largest absolute Gasteiger partial charge is 0.480 e. The molecule has 3 rings (SSSR count). The molecule has 0 amide bonds. The lowest BCUT2D eigenvalue weighted by atomic mass is 10.2. The number of benzene rings is 1. The Morgan fingerprint density at radius 1 is 1.08 bits per heavy atom. The number of aromatic nitrogens is 3. The van der Waals surface area contributed by atoms with Gasteiger partial charge in [-0.1, -0.05) is 6.07 Å². The van der Waals surface area contributed by atoms with Crippen molar-refractivity contribution in [2.45, 2.75) is 0 Å². The first-order valence-electron chi connectivity index (χ1n) is 7.49. The van der Waals surface area contributed by atoms with Gasteiger partial charge in [0, 0.05) is 18.3 Å². The number of aliphatic carboxylic acids is 1. The maximum atomic E-state index is 13.9. The van der Waals surface area contributed by atoms with Crippen LogP contribution >= 0.6 is 0 Å². The molecule has 0 saturated carbocycles. The molecule has 2 heterocycles. The van der Waals surface area contributed by atoms with Gasteiger partial charge in [0.2, 0.25) is 5.95 Å². The van der Waals surface area contributed by atoms with Crippen LogP contribution in [0, 0.1) is 11.6 Å². The van der Waals surface area contributed by atoms with E-state index >= 15 is 0 Å². The van der Waals surface area contributed by atoms with Gasteiger partial charge in [-0.25, -0.2) is 13.8 Å². The third-order valence-corrected chi connectivity index (χ3v) is 3.24. The van der Waals surface area contributed by atoms with E-state index in [0.717, 1.165) is 18.2 Å². The number of anilines is 3. The summed E-state index contributed by atoms with van der Waals surface area (Å²) in [4.78, 5) is 23.2. The lowest BCUT2D eigenvalue weighted by molar-refractivity contribution is -0.134. The molecular formula is C17H13F2N5O2. The summed E-state index contributed by atoms with van der Waals surface area (Å²) in [5, 5.41) is 14.0. The second kappa shape index (κ2) is 7.51. The summed E-state index contributed by atoms with van der Waals surface area (Å²) in [7, 11) is 0. The molecule has 0 aliphatic carbocycles. The lowest BCUT2D eigenvalue weighted by Gasteiger charge is -2.11. The van der Waals surface area contributed by atoms with Gasteiger partial charge in [0.15, 0.2) is 0 Å². The maximum absolute atomic E-state index is 13.9. The number of carboxylic acid groups (broad SMARTS) is 1. The van der Waals surface area contributed by atoms with Crippen LogP contribution in [0.25, 0.3) is 11.4 Å². The summed E-state index contributed by atoms with van der Waals surface area (Å²) < 4.78 is 27.2. The second-order valence-corrected chi connectivity index (χ2v) is 5.17. The number of nitrogens with one attached hydrogen (secondary N) is 2. The molecule has 0 bridgehead atoms. The molecule has 0 unspecified atom stereocenters. The monoisotopic (exact) mass is 357 g/mol. The average molecular weight is 357 g/mol. The van der Waals surface area contributed by atoms with Crippen LogP contribution in [0.4, 0.5) is 26.2 Å². The van der Waals surface area contributed by atoms with Gasteiger partial charge >= 0.3 is 5.97 Å². The molecule has 0 radical (unpaired) electrons. The van der Waals surface area contributed by atoms with Crippen LogP contribution in [0.15, 0.2) is 48.7 Å². The summed E-state index contributed by atoms with van der Waals surface area (Å²) in [5.41, 5.74) is 0.781. The van der Waals surface area contributed by atoms with Crippen LogP contribution < -0.4 is 10.6 Å². The maximum Gasteiger partial charge on any atom is 0.322 e. The van der Waals surface area contributed by atoms with Gasteiger partial charge in [0.25, 0.3) is 0 Å². The normalized spacial score (nSPS) is 10.4. The van der Waals surface area contributed by atoms with Crippen LogP contribution in [0.5, 0.6) is 0 Å². The van der Waals surface area contributed by atoms with Crippen molar-refractivity contribution in [1.82, 2.24) is 15.0 Å². The summed E-state index contributed by atoms with van der Waals surface area (Å²) in [5.74, 6) is -2.21. The van der Waals surface area contributed by atoms with Gasteiger partial charge in [-0.15, -0.1) is 0 Å². The molecule has 132 valence electrons. The van der Waals surface area contributed by atoms with Gasteiger partial charge in [-0.05, 0) is 24.3 Å². The molecule has 0 aliphatic rings. The van der Waals surface area contributed by atoms with Crippen LogP contribution in [0.2, 0.25) is 0 Å².